The van der Waals surface area contributed by atoms with Crippen LogP contribution in [0.3, 0.4) is 0 Å². The van der Waals surface area contributed by atoms with Crippen LogP contribution in [0.2, 0.25) is 0 Å². The Balaban J connectivity index is 1.47. The Hall–Kier alpha value is -2.60. The lowest BCUT2D eigenvalue weighted by atomic mass is 10.2. The summed E-state index contributed by atoms with van der Waals surface area (Å²) in [7, 11) is 1.63. The number of carbonyl (C=O) groups excluding carboxylic acids is 1. The maximum absolute atomic E-state index is 12.2. The highest BCUT2D eigenvalue weighted by Crippen LogP contribution is 2.14. The lowest BCUT2D eigenvalue weighted by Crippen LogP contribution is -2.23. The number of hydrogen-bond acceptors (Lipinski definition) is 5. The Morgan fingerprint density at radius 1 is 1.28 bits per heavy atom. The average Bonchev–Trinajstić information content (AvgIpc) is 3.19. The largest absolute Gasteiger partial charge is 0.497 e. The zero-order valence-corrected chi connectivity index (χ0v) is 14.3. The number of benzene rings is 1. The number of pyridine rings is 1. The summed E-state index contributed by atoms with van der Waals surface area (Å²) in [6.07, 6.45) is 4.04. The molecule has 1 aliphatic heterocycles. The van der Waals surface area contributed by atoms with Crippen molar-refractivity contribution in [3.63, 3.8) is 0 Å². The zero-order chi connectivity index (χ0) is 17.5. The molecule has 1 unspecified atom stereocenters. The van der Waals surface area contributed by atoms with Gasteiger partial charge >= 0.3 is 0 Å². The Morgan fingerprint density at radius 3 is 2.76 bits per heavy atom. The minimum Gasteiger partial charge on any atom is -0.497 e. The van der Waals surface area contributed by atoms with Crippen molar-refractivity contribution in [3.05, 3.63) is 53.7 Å². The van der Waals surface area contributed by atoms with E-state index < -0.39 is 0 Å². The van der Waals surface area contributed by atoms with E-state index in [2.05, 4.69) is 15.6 Å². The fourth-order valence-electron chi connectivity index (χ4n) is 2.68. The van der Waals surface area contributed by atoms with E-state index in [-0.39, 0.29) is 12.0 Å². The van der Waals surface area contributed by atoms with Crippen LogP contribution in [0.5, 0.6) is 5.75 Å². The summed E-state index contributed by atoms with van der Waals surface area (Å²) < 4.78 is 10.7. The van der Waals surface area contributed by atoms with E-state index in [1.807, 2.05) is 30.3 Å². The van der Waals surface area contributed by atoms with E-state index in [0.29, 0.717) is 12.1 Å². The molecule has 1 saturated heterocycles. The van der Waals surface area contributed by atoms with Crippen molar-refractivity contribution in [2.75, 3.05) is 25.6 Å². The van der Waals surface area contributed by atoms with Gasteiger partial charge in [0.15, 0.2) is 0 Å². The van der Waals surface area contributed by atoms with E-state index >= 15 is 0 Å². The van der Waals surface area contributed by atoms with Gasteiger partial charge in [0.05, 0.1) is 18.8 Å². The van der Waals surface area contributed by atoms with Gasteiger partial charge in [-0.1, -0.05) is 12.1 Å². The summed E-state index contributed by atoms with van der Waals surface area (Å²) in [4.78, 5) is 16.5. The smallest absolute Gasteiger partial charge is 0.253 e. The van der Waals surface area contributed by atoms with E-state index in [1.54, 1.807) is 19.4 Å². The summed E-state index contributed by atoms with van der Waals surface area (Å²) >= 11 is 0. The van der Waals surface area contributed by atoms with Gasteiger partial charge in [-0.2, -0.15) is 0 Å². The first-order valence-electron chi connectivity index (χ1n) is 8.47. The van der Waals surface area contributed by atoms with Gasteiger partial charge in [0.25, 0.3) is 5.91 Å². The molecule has 2 aromatic rings. The van der Waals surface area contributed by atoms with Crippen molar-refractivity contribution >= 4 is 11.7 Å². The molecule has 0 saturated carbocycles. The number of hydrogen-bond donors (Lipinski definition) is 2. The van der Waals surface area contributed by atoms with Crippen LogP contribution in [0.15, 0.2) is 42.6 Å². The van der Waals surface area contributed by atoms with E-state index in [1.165, 1.54) is 0 Å². The van der Waals surface area contributed by atoms with Gasteiger partial charge in [0.1, 0.15) is 11.6 Å². The molecule has 3 rings (SSSR count). The maximum Gasteiger partial charge on any atom is 0.253 e. The first-order chi connectivity index (χ1) is 12.2. The van der Waals surface area contributed by atoms with Crippen LogP contribution in [0.25, 0.3) is 0 Å². The monoisotopic (exact) mass is 341 g/mol. The van der Waals surface area contributed by atoms with Gasteiger partial charge in [-0.25, -0.2) is 4.98 Å². The highest BCUT2D eigenvalue weighted by atomic mass is 16.5. The SMILES string of the molecule is COc1ccc(CNC(=O)c2ccc(NCC3CCCO3)nc2)cc1. The third kappa shape index (κ3) is 4.93. The second-order valence-corrected chi connectivity index (χ2v) is 5.98. The lowest BCUT2D eigenvalue weighted by Gasteiger charge is -2.11. The number of carbonyl (C=O) groups is 1. The van der Waals surface area contributed by atoms with Crippen molar-refractivity contribution in [3.8, 4) is 5.75 Å². The molecule has 6 heteroatoms. The first-order valence-corrected chi connectivity index (χ1v) is 8.47. The summed E-state index contributed by atoms with van der Waals surface area (Å²) in [5.74, 6) is 1.40. The number of rotatable bonds is 7. The van der Waals surface area contributed by atoms with Crippen molar-refractivity contribution in [2.45, 2.75) is 25.5 Å². The molecule has 2 heterocycles. The van der Waals surface area contributed by atoms with Crippen molar-refractivity contribution < 1.29 is 14.3 Å². The van der Waals surface area contributed by atoms with Crippen LogP contribution in [0.4, 0.5) is 5.82 Å². The molecule has 0 bridgehead atoms. The number of aromatic nitrogens is 1. The Labute approximate surface area is 147 Å². The van der Waals surface area contributed by atoms with Gasteiger partial charge in [-0.05, 0) is 42.7 Å². The molecule has 0 spiro atoms. The molecule has 132 valence electrons. The summed E-state index contributed by atoms with van der Waals surface area (Å²) in [6.45, 7) is 2.05. The van der Waals surface area contributed by atoms with E-state index in [0.717, 1.165) is 43.1 Å². The Kier molecular flexibility index (Phi) is 5.85. The van der Waals surface area contributed by atoms with Crippen LogP contribution in [0, 0.1) is 0 Å². The molecule has 1 aromatic carbocycles. The highest BCUT2D eigenvalue weighted by Gasteiger charge is 2.15. The third-order valence-corrected chi connectivity index (χ3v) is 4.17. The standard InChI is InChI=1S/C19H23N3O3/c1-24-16-7-4-14(5-8-16)11-22-19(23)15-6-9-18(20-12-15)21-13-17-3-2-10-25-17/h4-9,12,17H,2-3,10-11,13H2,1H3,(H,20,21)(H,22,23). The van der Waals surface area contributed by atoms with Gasteiger partial charge in [-0.3, -0.25) is 4.79 Å². The minimum absolute atomic E-state index is 0.144. The van der Waals surface area contributed by atoms with Crippen LogP contribution in [0.1, 0.15) is 28.8 Å². The van der Waals surface area contributed by atoms with Gasteiger partial charge in [0.2, 0.25) is 0 Å². The predicted octanol–water partition coefficient (Wildman–Crippen LogP) is 2.61. The molecule has 0 radical (unpaired) electrons. The number of anilines is 1. The molecule has 1 aliphatic rings. The number of nitrogens with one attached hydrogen (secondary N) is 2. The topological polar surface area (TPSA) is 72.5 Å². The zero-order valence-electron chi connectivity index (χ0n) is 14.3. The van der Waals surface area contributed by atoms with Crippen molar-refractivity contribution in [2.24, 2.45) is 0 Å². The second-order valence-electron chi connectivity index (χ2n) is 5.98. The number of nitrogens with zero attached hydrogens (tertiary/aromatic N) is 1. The summed E-state index contributed by atoms with van der Waals surface area (Å²) in [5.41, 5.74) is 1.55. The van der Waals surface area contributed by atoms with Gasteiger partial charge < -0.3 is 20.1 Å². The molecule has 1 amide bonds. The van der Waals surface area contributed by atoms with Crippen LogP contribution in [-0.4, -0.2) is 37.3 Å². The van der Waals surface area contributed by atoms with E-state index in [4.69, 9.17) is 9.47 Å². The van der Waals surface area contributed by atoms with Gasteiger partial charge in [0, 0.05) is 25.9 Å². The molecular formula is C19H23N3O3. The number of amides is 1. The lowest BCUT2D eigenvalue weighted by molar-refractivity contribution is 0.0950. The molecule has 1 aromatic heterocycles. The van der Waals surface area contributed by atoms with E-state index in [9.17, 15) is 4.79 Å². The third-order valence-electron chi connectivity index (χ3n) is 4.17. The summed E-state index contributed by atoms with van der Waals surface area (Å²) in [6, 6.07) is 11.2. The average molecular weight is 341 g/mol. The van der Waals surface area contributed by atoms with Gasteiger partial charge in [-0.15, -0.1) is 0 Å². The number of methoxy groups -OCH3 is 1. The molecule has 1 fully saturated rings. The quantitative estimate of drug-likeness (QED) is 0.810. The van der Waals surface area contributed by atoms with Crippen molar-refractivity contribution in [1.82, 2.24) is 10.3 Å². The molecule has 0 aliphatic carbocycles. The fraction of sp³-hybridized carbons (Fsp3) is 0.368. The first kappa shape index (κ1) is 17.2. The molecule has 25 heavy (non-hydrogen) atoms. The molecule has 1 atom stereocenters. The van der Waals surface area contributed by atoms with Crippen LogP contribution in [-0.2, 0) is 11.3 Å². The highest BCUT2D eigenvalue weighted by molar-refractivity contribution is 5.94. The normalized spacial score (nSPS) is 16.4. The molecule has 6 nitrogen and oxygen atoms in total. The van der Waals surface area contributed by atoms with Crippen LogP contribution < -0.4 is 15.4 Å². The number of ether oxygens (including phenoxy) is 2. The fourth-order valence-corrected chi connectivity index (χ4v) is 2.68. The summed E-state index contributed by atoms with van der Waals surface area (Å²) in [5, 5.41) is 6.13. The molecule has 2 N–H and O–H groups in total. The Bertz CT molecular complexity index is 680. The predicted molar refractivity (Wildman–Crippen MR) is 95.9 cm³/mol. The van der Waals surface area contributed by atoms with Crippen molar-refractivity contribution in [1.29, 1.82) is 0 Å². The maximum atomic E-state index is 12.2. The second kappa shape index (κ2) is 8.48. The minimum atomic E-state index is -0.144. The van der Waals surface area contributed by atoms with Crippen LogP contribution >= 0.6 is 0 Å². The molecular weight excluding hydrogens is 318 g/mol. The Morgan fingerprint density at radius 2 is 2.12 bits per heavy atom.